The number of fused-ring (bicyclic) bond motifs is 1. The van der Waals surface area contributed by atoms with Crippen molar-refractivity contribution >= 4 is 17.0 Å². The van der Waals surface area contributed by atoms with Gasteiger partial charge in [0.05, 0.1) is 34.3 Å². The van der Waals surface area contributed by atoms with Crippen molar-refractivity contribution < 1.29 is 35.7 Å². The summed E-state index contributed by atoms with van der Waals surface area (Å²) in [5.74, 6) is -0.538. The molecule has 1 fully saturated rings. The highest BCUT2D eigenvalue weighted by molar-refractivity contribution is 6.07. The van der Waals surface area contributed by atoms with Crippen molar-refractivity contribution in [2.24, 2.45) is 5.92 Å². The second-order valence-electron chi connectivity index (χ2n) is 8.14. The van der Waals surface area contributed by atoms with Gasteiger partial charge in [0.25, 0.3) is 11.6 Å². The van der Waals surface area contributed by atoms with Gasteiger partial charge in [-0.3, -0.25) is 4.79 Å². The molecule has 5 nitrogen and oxygen atoms in total. The van der Waals surface area contributed by atoms with E-state index in [0.717, 1.165) is 29.9 Å². The van der Waals surface area contributed by atoms with Gasteiger partial charge in [0.1, 0.15) is 0 Å². The number of aromatic nitrogens is 2. The quantitative estimate of drug-likeness (QED) is 0.413. The molecule has 0 atom stereocenters. The highest BCUT2D eigenvalue weighted by Gasteiger charge is 2.34. The SMILES string of the molecule is Cc1noc2nc(-c3cccc(C(F)(F)F)c3)cc(C(=O)N(CCC(F)(F)F)CC3CC3)c12. The van der Waals surface area contributed by atoms with Crippen molar-refractivity contribution in [3.8, 4) is 11.3 Å². The van der Waals surface area contributed by atoms with Crippen molar-refractivity contribution in [2.75, 3.05) is 13.1 Å². The van der Waals surface area contributed by atoms with Crippen LogP contribution in [0.1, 0.15) is 40.9 Å². The Morgan fingerprint density at radius 3 is 2.52 bits per heavy atom. The minimum absolute atomic E-state index is 0.00557. The van der Waals surface area contributed by atoms with Crippen LogP contribution in [0, 0.1) is 12.8 Å². The van der Waals surface area contributed by atoms with E-state index >= 15 is 0 Å². The molecule has 0 saturated heterocycles. The molecule has 0 bridgehead atoms. The molecule has 11 heteroatoms. The summed E-state index contributed by atoms with van der Waals surface area (Å²) in [5.41, 5.74) is -0.571. The number of benzene rings is 1. The van der Waals surface area contributed by atoms with Crippen LogP contribution >= 0.6 is 0 Å². The number of hydrogen-bond donors (Lipinski definition) is 0. The Morgan fingerprint density at radius 2 is 1.88 bits per heavy atom. The molecule has 1 aliphatic rings. The van der Waals surface area contributed by atoms with Gasteiger partial charge in [-0.15, -0.1) is 0 Å². The molecule has 1 aromatic carbocycles. The maximum Gasteiger partial charge on any atom is 0.416 e. The van der Waals surface area contributed by atoms with Crippen LogP contribution in [-0.2, 0) is 6.18 Å². The van der Waals surface area contributed by atoms with Gasteiger partial charge < -0.3 is 9.42 Å². The Balaban J connectivity index is 1.77. The van der Waals surface area contributed by atoms with E-state index in [-0.39, 0.29) is 40.4 Å². The van der Waals surface area contributed by atoms with E-state index in [1.165, 1.54) is 18.2 Å². The van der Waals surface area contributed by atoms with E-state index in [9.17, 15) is 31.1 Å². The van der Waals surface area contributed by atoms with E-state index in [1.807, 2.05) is 0 Å². The Labute approximate surface area is 184 Å². The first kappa shape index (κ1) is 23.1. The van der Waals surface area contributed by atoms with Gasteiger partial charge in [-0.25, -0.2) is 4.98 Å². The molecule has 3 aromatic rings. The van der Waals surface area contributed by atoms with Crippen molar-refractivity contribution in [3.63, 3.8) is 0 Å². The zero-order chi connectivity index (χ0) is 24.0. The van der Waals surface area contributed by atoms with E-state index in [0.29, 0.717) is 5.69 Å². The van der Waals surface area contributed by atoms with E-state index in [4.69, 9.17) is 4.52 Å². The number of aryl methyl sites for hydroxylation is 1. The molecular weight excluding hydrogens is 452 g/mol. The fourth-order valence-electron chi connectivity index (χ4n) is 3.59. The number of rotatable bonds is 6. The third-order valence-electron chi connectivity index (χ3n) is 5.46. The lowest BCUT2D eigenvalue weighted by Crippen LogP contribution is -2.36. The fourth-order valence-corrected chi connectivity index (χ4v) is 3.59. The minimum Gasteiger partial charge on any atom is -0.338 e. The topological polar surface area (TPSA) is 59.2 Å². The van der Waals surface area contributed by atoms with Crippen LogP contribution in [0.25, 0.3) is 22.4 Å². The highest BCUT2D eigenvalue weighted by Crippen LogP contribution is 2.35. The predicted octanol–water partition coefficient (Wildman–Crippen LogP) is 6.02. The summed E-state index contributed by atoms with van der Waals surface area (Å²) < 4.78 is 83.2. The predicted molar refractivity (Wildman–Crippen MR) is 106 cm³/mol. The molecule has 1 saturated carbocycles. The first-order valence-electron chi connectivity index (χ1n) is 10.2. The first-order valence-corrected chi connectivity index (χ1v) is 10.2. The summed E-state index contributed by atoms with van der Waals surface area (Å²) in [5, 5.41) is 4.01. The summed E-state index contributed by atoms with van der Waals surface area (Å²) >= 11 is 0. The van der Waals surface area contributed by atoms with E-state index < -0.39 is 36.8 Å². The van der Waals surface area contributed by atoms with Crippen LogP contribution in [0.4, 0.5) is 26.3 Å². The molecule has 0 spiro atoms. The minimum atomic E-state index is -4.58. The van der Waals surface area contributed by atoms with E-state index in [2.05, 4.69) is 10.1 Å². The van der Waals surface area contributed by atoms with Crippen molar-refractivity contribution in [2.45, 2.75) is 38.5 Å². The normalized spacial score (nSPS) is 14.6. The van der Waals surface area contributed by atoms with Crippen LogP contribution < -0.4 is 0 Å². The van der Waals surface area contributed by atoms with Gasteiger partial charge in [0.15, 0.2) is 0 Å². The molecule has 2 heterocycles. The Bertz CT molecular complexity index is 1180. The zero-order valence-electron chi connectivity index (χ0n) is 17.4. The maximum absolute atomic E-state index is 13.4. The third kappa shape index (κ3) is 5.28. The molecule has 0 N–H and O–H groups in total. The van der Waals surface area contributed by atoms with Crippen molar-refractivity contribution in [1.82, 2.24) is 15.0 Å². The third-order valence-corrected chi connectivity index (χ3v) is 5.46. The summed E-state index contributed by atoms with van der Waals surface area (Å²) in [6.07, 6.45) is -8.54. The van der Waals surface area contributed by atoms with Crippen LogP contribution in [0.3, 0.4) is 0 Å². The number of amides is 1. The average molecular weight is 471 g/mol. The molecule has 33 heavy (non-hydrogen) atoms. The Morgan fingerprint density at radius 1 is 1.15 bits per heavy atom. The lowest BCUT2D eigenvalue weighted by atomic mass is 10.0. The molecule has 0 radical (unpaired) electrons. The molecule has 0 unspecified atom stereocenters. The Hall–Kier alpha value is -3.11. The number of nitrogens with zero attached hydrogens (tertiary/aromatic N) is 3. The van der Waals surface area contributed by atoms with Gasteiger partial charge in [-0.2, -0.15) is 26.3 Å². The summed E-state index contributed by atoms with van der Waals surface area (Å²) in [6.45, 7) is 1.20. The molecule has 2 aromatic heterocycles. The van der Waals surface area contributed by atoms with Crippen molar-refractivity contribution in [3.05, 3.63) is 47.2 Å². The number of pyridine rings is 1. The standard InChI is InChI=1S/C22H19F6N3O2/c1-12-18-16(20(32)31(11-13-5-6-13)8-7-21(23,24)25)10-17(29-19(18)33-30-12)14-3-2-4-15(9-14)22(26,27)28/h2-4,9-10,13H,5-8,11H2,1H3. The average Bonchev–Trinajstić information content (AvgIpc) is 3.49. The molecular formula is C22H19F6N3O2. The number of alkyl halides is 6. The first-order chi connectivity index (χ1) is 15.4. The second kappa shape index (κ2) is 8.35. The van der Waals surface area contributed by atoms with Gasteiger partial charge in [0.2, 0.25) is 0 Å². The van der Waals surface area contributed by atoms with Gasteiger partial charge >= 0.3 is 12.4 Å². The smallest absolute Gasteiger partial charge is 0.338 e. The van der Waals surface area contributed by atoms with Crippen LogP contribution in [-0.4, -0.2) is 40.2 Å². The number of halogens is 6. The summed E-state index contributed by atoms with van der Waals surface area (Å²) in [7, 11) is 0. The lowest BCUT2D eigenvalue weighted by Gasteiger charge is -2.24. The number of carbonyl (C=O) groups is 1. The van der Waals surface area contributed by atoms with Gasteiger partial charge in [0, 0.05) is 18.7 Å². The van der Waals surface area contributed by atoms with Gasteiger partial charge in [-0.1, -0.05) is 17.3 Å². The lowest BCUT2D eigenvalue weighted by molar-refractivity contribution is -0.138. The summed E-state index contributed by atoms with van der Waals surface area (Å²) in [6, 6.07) is 5.68. The number of hydrogen-bond acceptors (Lipinski definition) is 4. The van der Waals surface area contributed by atoms with Crippen molar-refractivity contribution in [1.29, 1.82) is 0 Å². The monoisotopic (exact) mass is 471 g/mol. The summed E-state index contributed by atoms with van der Waals surface area (Å²) in [4.78, 5) is 18.7. The van der Waals surface area contributed by atoms with Crippen LogP contribution in [0.2, 0.25) is 0 Å². The fraction of sp³-hybridized carbons (Fsp3) is 0.409. The second-order valence-corrected chi connectivity index (χ2v) is 8.14. The van der Waals surface area contributed by atoms with Crippen LogP contribution in [0.15, 0.2) is 34.9 Å². The highest BCUT2D eigenvalue weighted by atomic mass is 19.4. The maximum atomic E-state index is 13.4. The molecule has 4 rings (SSSR count). The Kier molecular flexibility index (Phi) is 5.83. The number of carbonyl (C=O) groups excluding carboxylic acids is 1. The van der Waals surface area contributed by atoms with Crippen LogP contribution in [0.5, 0.6) is 0 Å². The molecule has 1 amide bonds. The molecule has 0 aliphatic heterocycles. The van der Waals surface area contributed by atoms with E-state index in [1.54, 1.807) is 6.92 Å². The van der Waals surface area contributed by atoms with Gasteiger partial charge in [-0.05, 0) is 43.9 Å². The largest absolute Gasteiger partial charge is 0.416 e. The molecule has 176 valence electrons. The molecule has 1 aliphatic carbocycles. The zero-order valence-corrected chi connectivity index (χ0v) is 17.4.